The molecule has 0 amide bonds. The second-order valence-electron chi connectivity index (χ2n) is 16.7. The molecule has 0 aliphatic carbocycles. The number of hydrogen-bond acceptors (Lipinski definition) is 1. The van der Waals surface area contributed by atoms with Crippen LogP contribution in [0.15, 0.2) is 268 Å². The molecule has 1 aromatic heterocycles. The topological polar surface area (TPSA) is 17.8 Å². The van der Waals surface area contributed by atoms with Crippen LogP contribution in [-0.4, -0.2) is 9.55 Å². The van der Waals surface area contributed by atoms with E-state index in [-0.39, 0.29) is 0 Å². The zero-order chi connectivity index (χ0) is 43.3. The van der Waals surface area contributed by atoms with Crippen LogP contribution in [0.4, 0.5) is 0 Å². The lowest BCUT2D eigenvalue weighted by atomic mass is 9.86. The van der Waals surface area contributed by atoms with Crippen LogP contribution >= 0.6 is 10.0 Å². The van der Waals surface area contributed by atoms with E-state index in [9.17, 15) is 0 Å². The molecule has 12 aromatic rings. The van der Waals surface area contributed by atoms with Gasteiger partial charge < -0.3 is 0 Å². The Balaban J connectivity index is 1.00. The highest BCUT2D eigenvalue weighted by atomic mass is 32.3. The van der Waals surface area contributed by atoms with Crippen LogP contribution in [0.2, 0.25) is 0 Å². The molecule has 0 bridgehead atoms. The van der Waals surface area contributed by atoms with E-state index in [2.05, 4.69) is 260 Å². The van der Waals surface area contributed by atoms with Crippen LogP contribution in [0.5, 0.6) is 0 Å². The molecular formula is C62H44N2S. The summed E-state index contributed by atoms with van der Waals surface area (Å²) in [5, 5.41) is 7.51. The standard InChI is InChI=1S/C62H44N2S/c1-43-63-58-41-38-48(42-59(58)64(43)49-20-5-2-6-21-49)44-32-34-46(35-33-44)61-54-27-13-15-29-56(54)62(57-30-16-14-28-55(57)61)47-36-39-52(40-37-47)65(50-22-7-3-8-23-50,51-24-9-4-10-25-51)60-31-17-19-45-18-11-12-26-53(45)60/h2-42H,1H3. The first kappa shape index (κ1) is 38.7. The van der Waals surface area contributed by atoms with Crippen molar-refractivity contribution < 1.29 is 0 Å². The summed E-state index contributed by atoms with van der Waals surface area (Å²) in [7, 11) is -1.92. The molecule has 0 aliphatic heterocycles. The van der Waals surface area contributed by atoms with Gasteiger partial charge in [-0.3, -0.25) is 4.57 Å². The van der Waals surface area contributed by atoms with Gasteiger partial charge in [0.1, 0.15) is 5.82 Å². The van der Waals surface area contributed by atoms with E-state index in [1.54, 1.807) is 0 Å². The van der Waals surface area contributed by atoms with E-state index in [0.29, 0.717) is 0 Å². The number of nitrogens with zero attached hydrogens (tertiary/aromatic N) is 2. The number of benzene rings is 11. The van der Waals surface area contributed by atoms with Crippen molar-refractivity contribution >= 4 is 53.4 Å². The molecule has 2 nitrogen and oxygen atoms in total. The molecule has 0 fully saturated rings. The zero-order valence-corrected chi connectivity index (χ0v) is 36.8. The summed E-state index contributed by atoms with van der Waals surface area (Å²) in [6, 6.07) is 91.7. The van der Waals surface area contributed by atoms with Gasteiger partial charge in [0, 0.05) is 25.3 Å². The van der Waals surface area contributed by atoms with Crippen molar-refractivity contribution in [2.45, 2.75) is 26.5 Å². The first-order valence-corrected chi connectivity index (χ1v) is 23.9. The fourth-order valence-electron chi connectivity index (χ4n) is 10.2. The van der Waals surface area contributed by atoms with Crippen molar-refractivity contribution in [3.05, 3.63) is 255 Å². The minimum absolute atomic E-state index is 0.978. The van der Waals surface area contributed by atoms with E-state index < -0.39 is 10.0 Å². The zero-order valence-electron chi connectivity index (χ0n) is 36.0. The summed E-state index contributed by atoms with van der Waals surface area (Å²) in [5.74, 6) is 0.978. The van der Waals surface area contributed by atoms with Gasteiger partial charge in [-0.1, -0.05) is 182 Å². The third-order valence-corrected chi connectivity index (χ3v) is 17.0. The van der Waals surface area contributed by atoms with Crippen LogP contribution < -0.4 is 0 Å². The lowest BCUT2D eigenvalue weighted by Gasteiger charge is -2.42. The fourth-order valence-corrected chi connectivity index (χ4v) is 14.2. The summed E-state index contributed by atoms with van der Waals surface area (Å²) >= 11 is 0. The Bertz CT molecular complexity index is 3590. The second kappa shape index (κ2) is 16.0. The predicted octanol–water partition coefficient (Wildman–Crippen LogP) is 17.1. The van der Waals surface area contributed by atoms with Gasteiger partial charge in [-0.2, -0.15) is 0 Å². The number of aromatic nitrogens is 2. The van der Waals surface area contributed by atoms with E-state index in [1.807, 2.05) is 0 Å². The van der Waals surface area contributed by atoms with Gasteiger partial charge in [-0.05, 0) is 139 Å². The molecule has 0 spiro atoms. The first-order chi connectivity index (χ1) is 32.2. The Morgan fingerprint density at radius 1 is 0.354 bits per heavy atom. The molecule has 0 unspecified atom stereocenters. The lowest BCUT2D eigenvalue weighted by Crippen LogP contribution is -2.06. The average molecular weight is 849 g/mol. The van der Waals surface area contributed by atoms with Gasteiger partial charge in [-0.15, -0.1) is 10.0 Å². The van der Waals surface area contributed by atoms with E-state index in [0.717, 1.165) is 22.5 Å². The molecule has 0 saturated heterocycles. The average Bonchev–Trinajstić information content (AvgIpc) is 3.72. The van der Waals surface area contributed by atoms with Gasteiger partial charge >= 0.3 is 0 Å². The summed E-state index contributed by atoms with van der Waals surface area (Å²) in [5.41, 5.74) is 10.5. The summed E-state index contributed by atoms with van der Waals surface area (Å²) < 4.78 is 2.25. The van der Waals surface area contributed by atoms with Gasteiger partial charge in [0.2, 0.25) is 0 Å². The highest BCUT2D eigenvalue weighted by Crippen LogP contribution is 2.74. The largest absolute Gasteiger partial charge is 0.297 e. The van der Waals surface area contributed by atoms with Gasteiger partial charge in [0.25, 0.3) is 0 Å². The van der Waals surface area contributed by atoms with Crippen LogP contribution in [0.25, 0.3) is 82.4 Å². The van der Waals surface area contributed by atoms with Gasteiger partial charge in [0.15, 0.2) is 0 Å². The van der Waals surface area contributed by atoms with Crippen LogP contribution in [-0.2, 0) is 0 Å². The molecule has 3 heteroatoms. The van der Waals surface area contributed by atoms with Crippen molar-refractivity contribution in [2.24, 2.45) is 0 Å². The Morgan fingerprint density at radius 3 is 1.35 bits per heavy atom. The first-order valence-electron chi connectivity index (χ1n) is 22.3. The van der Waals surface area contributed by atoms with Crippen molar-refractivity contribution in [1.82, 2.24) is 9.55 Å². The predicted molar refractivity (Wildman–Crippen MR) is 275 cm³/mol. The minimum atomic E-state index is -1.92. The van der Waals surface area contributed by atoms with Crippen LogP contribution in [0.3, 0.4) is 0 Å². The smallest absolute Gasteiger partial charge is 0.111 e. The quantitative estimate of drug-likeness (QED) is 0.139. The van der Waals surface area contributed by atoms with E-state index in [1.165, 1.54) is 85.3 Å². The van der Waals surface area contributed by atoms with E-state index >= 15 is 0 Å². The second-order valence-corrected chi connectivity index (χ2v) is 19.8. The monoisotopic (exact) mass is 848 g/mol. The number of rotatable bonds is 8. The van der Waals surface area contributed by atoms with E-state index in [4.69, 9.17) is 4.98 Å². The molecule has 0 atom stereocenters. The van der Waals surface area contributed by atoms with Gasteiger partial charge in [-0.25, -0.2) is 4.98 Å². The molecule has 1 heterocycles. The summed E-state index contributed by atoms with van der Waals surface area (Å²) in [6.07, 6.45) is 0. The van der Waals surface area contributed by atoms with Gasteiger partial charge in [0.05, 0.1) is 11.0 Å². The van der Waals surface area contributed by atoms with Crippen molar-refractivity contribution in [2.75, 3.05) is 0 Å². The molecule has 12 rings (SSSR count). The Morgan fingerprint density at radius 2 is 0.785 bits per heavy atom. The molecular weight excluding hydrogens is 805 g/mol. The number of aryl methyl sites for hydroxylation is 1. The summed E-state index contributed by atoms with van der Waals surface area (Å²) in [6.45, 7) is 2.08. The molecule has 0 saturated carbocycles. The maximum Gasteiger partial charge on any atom is 0.111 e. The maximum absolute atomic E-state index is 4.89. The highest BCUT2D eigenvalue weighted by Gasteiger charge is 2.34. The number of para-hydroxylation sites is 1. The highest BCUT2D eigenvalue weighted by molar-refractivity contribution is 8.34. The van der Waals surface area contributed by atoms with Crippen molar-refractivity contribution in [1.29, 1.82) is 0 Å². The molecule has 0 radical (unpaired) electrons. The summed E-state index contributed by atoms with van der Waals surface area (Å²) in [4.78, 5) is 10.2. The third-order valence-electron chi connectivity index (χ3n) is 13.0. The van der Waals surface area contributed by atoms with Crippen LogP contribution in [0.1, 0.15) is 5.82 Å². The number of imidazole rings is 1. The molecule has 0 aliphatic rings. The molecule has 65 heavy (non-hydrogen) atoms. The Hall–Kier alpha value is -7.98. The maximum atomic E-state index is 4.89. The Kier molecular flexibility index (Phi) is 9.51. The Labute approximate surface area is 381 Å². The number of hydrogen-bond donors (Lipinski definition) is 0. The van der Waals surface area contributed by atoms with Crippen LogP contribution in [0, 0.1) is 6.92 Å². The molecule has 308 valence electrons. The fraction of sp³-hybridized carbons (Fsp3) is 0.0161. The SMILES string of the molecule is Cc1nc2ccc(-c3ccc(-c4c5ccccc5c(-c5ccc(S(c6ccccc6)(c6ccccc6)c6cccc7ccccc67)cc5)c5ccccc45)cc3)cc2n1-c1ccccc1. The lowest BCUT2D eigenvalue weighted by molar-refractivity contribution is 1.00. The molecule has 0 N–H and O–H groups in total. The minimum Gasteiger partial charge on any atom is -0.297 e. The molecule has 11 aromatic carbocycles. The van der Waals surface area contributed by atoms with Crippen molar-refractivity contribution in [3.8, 4) is 39.1 Å². The number of fused-ring (bicyclic) bond motifs is 4. The van der Waals surface area contributed by atoms with Crippen molar-refractivity contribution in [3.63, 3.8) is 0 Å². The third kappa shape index (κ3) is 6.38. The normalized spacial score (nSPS) is 12.0.